The van der Waals surface area contributed by atoms with Gasteiger partial charge in [0.25, 0.3) is 0 Å². The number of hydrogen-bond acceptors (Lipinski definition) is 12. The van der Waals surface area contributed by atoms with Gasteiger partial charge < -0.3 is 65.5 Å². The molecule has 114 heavy (non-hydrogen) atoms. The number of aldehydes is 4. The standard InChI is InChI=1S/C25H22N2O2.C24H23NO2.2C23H28N2O4/c28-17-21(15-20-16-26-23-14-8-7-13-22(20)23)27-25(29)24(18-9-3-1-4-10-18)19-11-5-2-6-12-19;26-18-22(16-19-10-4-1-5-11-19)25-24(27)23(21-14-8-3-9-15-21)17-20-12-6-2-7-13-20;2*1-17(2)13-21(25-23(28)29-16-19-11-7-4-8-12-19)22(27)24-20(15-26)14-18-9-5-3-6-10-18/h1-14,16-17,21,24,26H,15H2,(H,27,29);1-15,18,22-23H,16-17H2,(H,25,27);2*3-12,15,17,20-21H,13-14,16H2,1-2H3,(H,24,27)(H,25,28)/t21-;22-,23?;20-,21+;20-,21-/m0010/s1. The van der Waals surface area contributed by atoms with Crippen molar-refractivity contribution in [3.05, 3.63) is 359 Å². The topological polar surface area (TPSA) is 277 Å². The van der Waals surface area contributed by atoms with Gasteiger partial charge in [-0.3, -0.25) is 19.2 Å². The molecule has 0 bridgehead atoms. The minimum atomic E-state index is -0.781. The molecular weight excluding hydrogens is 1430 g/mol. The van der Waals surface area contributed by atoms with Crippen LogP contribution in [-0.2, 0) is 93.1 Å². The van der Waals surface area contributed by atoms with Crippen LogP contribution in [0.3, 0.4) is 0 Å². The lowest BCUT2D eigenvalue weighted by molar-refractivity contribution is -0.126. The summed E-state index contributed by atoms with van der Waals surface area (Å²) in [6.45, 7) is 8.06. The number of ether oxygens (including phenoxy) is 2. The Kier molecular flexibility index (Phi) is 36.2. The zero-order valence-corrected chi connectivity index (χ0v) is 64.7. The van der Waals surface area contributed by atoms with Gasteiger partial charge >= 0.3 is 12.2 Å². The maximum absolute atomic E-state index is 13.2. The average molecular weight is 1530 g/mol. The van der Waals surface area contributed by atoms with Gasteiger partial charge in [-0.1, -0.05) is 319 Å². The van der Waals surface area contributed by atoms with Gasteiger partial charge in [0.2, 0.25) is 23.6 Å². The molecule has 0 fully saturated rings. The maximum atomic E-state index is 13.2. The molecule has 6 amide bonds. The Morgan fingerprint density at radius 2 is 0.605 bits per heavy atom. The van der Waals surface area contributed by atoms with Crippen LogP contribution in [0, 0.1) is 11.8 Å². The monoisotopic (exact) mass is 1530 g/mol. The molecule has 588 valence electrons. The van der Waals surface area contributed by atoms with E-state index in [1.807, 2.05) is 331 Å². The second-order valence-corrected chi connectivity index (χ2v) is 28.3. The van der Waals surface area contributed by atoms with E-state index < -0.39 is 66.2 Å². The summed E-state index contributed by atoms with van der Waals surface area (Å²) >= 11 is 0. The van der Waals surface area contributed by atoms with Crippen LogP contribution in [0.25, 0.3) is 10.9 Å². The Morgan fingerprint density at radius 1 is 0.316 bits per heavy atom. The Hall–Kier alpha value is -13.2. The molecule has 0 aliphatic carbocycles. The molecule has 0 radical (unpaired) electrons. The number of hydrogen-bond donors (Lipinski definition) is 7. The molecule has 1 heterocycles. The number of benzene rings is 10. The minimum absolute atomic E-state index is 0.119. The number of H-pyrrole nitrogens is 1. The molecule has 0 saturated heterocycles. The van der Waals surface area contributed by atoms with E-state index >= 15 is 0 Å². The number of aromatic amines is 1. The third-order valence-corrected chi connectivity index (χ3v) is 18.4. The van der Waals surface area contributed by atoms with Gasteiger partial charge in [0.15, 0.2) is 0 Å². The van der Waals surface area contributed by atoms with Crippen molar-refractivity contribution in [1.29, 1.82) is 0 Å². The lowest BCUT2D eigenvalue weighted by Gasteiger charge is -2.22. The summed E-state index contributed by atoms with van der Waals surface area (Å²) < 4.78 is 10.4. The smallest absolute Gasteiger partial charge is 0.408 e. The van der Waals surface area contributed by atoms with E-state index in [0.29, 0.717) is 57.5 Å². The van der Waals surface area contributed by atoms with Gasteiger partial charge in [-0.05, 0) is 112 Å². The first kappa shape index (κ1) is 86.4. The van der Waals surface area contributed by atoms with Crippen LogP contribution in [-0.4, -0.2) is 102 Å². The number of carbonyl (C=O) groups is 10. The maximum Gasteiger partial charge on any atom is 0.408 e. The quantitative estimate of drug-likeness (QED) is 0.0183. The fraction of sp³-hybridized carbons (Fsp3) is 0.242. The molecule has 10 aromatic carbocycles. The van der Waals surface area contributed by atoms with Gasteiger partial charge in [-0.25, -0.2) is 9.59 Å². The van der Waals surface area contributed by atoms with Crippen LogP contribution in [0.15, 0.2) is 303 Å². The van der Waals surface area contributed by atoms with Gasteiger partial charge in [-0.15, -0.1) is 0 Å². The Balaban J connectivity index is 0.000000190. The molecule has 1 aromatic heterocycles. The number of aromatic nitrogens is 1. The van der Waals surface area contributed by atoms with Crippen LogP contribution in [0.2, 0.25) is 0 Å². The van der Waals surface area contributed by atoms with Crippen LogP contribution in [0.1, 0.15) is 108 Å². The predicted molar refractivity (Wildman–Crippen MR) is 444 cm³/mol. The van der Waals surface area contributed by atoms with Crippen molar-refractivity contribution in [2.75, 3.05) is 0 Å². The van der Waals surface area contributed by atoms with Gasteiger partial charge in [-0.2, -0.15) is 0 Å². The van der Waals surface area contributed by atoms with Gasteiger partial charge in [0, 0.05) is 23.5 Å². The summed E-state index contributed by atoms with van der Waals surface area (Å²) in [4.78, 5) is 125. The molecule has 0 saturated carbocycles. The first-order valence-electron chi connectivity index (χ1n) is 38.3. The number of rotatable bonds is 35. The third kappa shape index (κ3) is 30.3. The van der Waals surface area contributed by atoms with E-state index in [-0.39, 0.29) is 42.8 Å². The van der Waals surface area contributed by atoms with E-state index in [1.165, 1.54) is 0 Å². The van der Waals surface area contributed by atoms with Crippen molar-refractivity contribution in [2.45, 2.75) is 134 Å². The molecule has 0 aliphatic heterocycles. The first-order valence-corrected chi connectivity index (χ1v) is 38.3. The van der Waals surface area contributed by atoms with Crippen molar-refractivity contribution in [2.24, 2.45) is 11.8 Å². The average Bonchev–Trinajstić information content (AvgIpc) is 1.65. The molecule has 1 unspecified atom stereocenters. The third-order valence-electron chi connectivity index (χ3n) is 18.4. The predicted octanol–water partition coefficient (Wildman–Crippen LogP) is 14.7. The molecule has 0 aliphatic rings. The van der Waals surface area contributed by atoms with Crippen LogP contribution in [0.5, 0.6) is 0 Å². The molecule has 11 rings (SSSR count). The SMILES string of the molecule is CC(C)C[C@H](NC(=O)OCc1ccccc1)C(=O)N[C@@H](C=O)Cc1ccccc1.CC(C)C[C@H](NC(=O)OCc1ccccc1)C(=O)N[C@H](C=O)Cc1ccccc1.O=C[C@H](Cc1c[nH]c2ccccc12)NC(=O)C(c1ccccc1)c1ccccc1.O=C[C@H](Cc1ccccc1)NC(=O)C(Cc1ccccc1)c1ccccc1. The van der Waals surface area contributed by atoms with Crippen molar-refractivity contribution >= 4 is 71.9 Å². The summed E-state index contributed by atoms with van der Waals surface area (Å²) in [5, 5.41) is 17.6. The largest absolute Gasteiger partial charge is 0.445 e. The summed E-state index contributed by atoms with van der Waals surface area (Å²) in [5.74, 6) is -1.58. The van der Waals surface area contributed by atoms with E-state index in [4.69, 9.17) is 9.47 Å². The van der Waals surface area contributed by atoms with Gasteiger partial charge in [0.1, 0.15) is 50.4 Å². The van der Waals surface area contributed by atoms with E-state index in [9.17, 15) is 47.9 Å². The van der Waals surface area contributed by atoms with Crippen molar-refractivity contribution < 1.29 is 57.4 Å². The Bertz CT molecular complexity index is 4530. The van der Waals surface area contributed by atoms with Crippen LogP contribution >= 0.6 is 0 Å². The van der Waals surface area contributed by atoms with E-state index in [0.717, 1.165) is 79.1 Å². The van der Waals surface area contributed by atoms with Crippen molar-refractivity contribution in [3.8, 4) is 0 Å². The minimum Gasteiger partial charge on any atom is -0.445 e. The Morgan fingerprint density at radius 3 is 0.956 bits per heavy atom. The van der Waals surface area contributed by atoms with Crippen LogP contribution < -0.4 is 31.9 Å². The summed E-state index contributed by atoms with van der Waals surface area (Å²) in [6.07, 6.45) is 6.79. The second kappa shape index (κ2) is 47.8. The Labute approximate surface area is 667 Å². The number of carbonyl (C=O) groups excluding carboxylic acids is 10. The number of nitrogens with one attached hydrogen (secondary N) is 7. The number of amides is 6. The number of para-hydroxylation sites is 1. The molecule has 0 spiro atoms. The fourth-order valence-corrected chi connectivity index (χ4v) is 12.7. The highest BCUT2D eigenvalue weighted by Crippen LogP contribution is 2.27. The number of fused-ring (bicyclic) bond motifs is 1. The lowest BCUT2D eigenvalue weighted by Crippen LogP contribution is -2.51. The van der Waals surface area contributed by atoms with E-state index in [1.54, 1.807) is 0 Å². The van der Waals surface area contributed by atoms with Crippen molar-refractivity contribution in [1.82, 2.24) is 36.9 Å². The normalized spacial score (nSPS) is 12.5. The molecule has 11 aromatic rings. The zero-order valence-electron chi connectivity index (χ0n) is 64.7. The molecule has 7 atom stereocenters. The zero-order chi connectivity index (χ0) is 81.1. The second-order valence-electron chi connectivity index (χ2n) is 28.3. The first-order chi connectivity index (χ1) is 55.5. The fourth-order valence-electron chi connectivity index (χ4n) is 12.7. The van der Waals surface area contributed by atoms with E-state index in [2.05, 4.69) is 36.9 Å². The molecule has 7 N–H and O–H groups in total. The highest BCUT2D eigenvalue weighted by molar-refractivity contribution is 5.91. The summed E-state index contributed by atoms with van der Waals surface area (Å²) in [6, 6.07) is 90.0. The lowest BCUT2D eigenvalue weighted by atomic mass is 9.90. The number of alkyl carbamates (subject to hydrolysis) is 2. The van der Waals surface area contributed by atoms with Crippen LogP contribution in [0.4, 0.5) is 9.59 Å². The molecule has 19 nitrogen and oxygen atoms in total. The van der Waals surface area contributed by atoms with Crippen molar-refractivity contribution in [3.63, 3.8) is 0 Å². The highest BCUT2D eigenvalue weighted by atomic mass is 16.6. The van der Waals surface area contributed by atoms with Gasteiger partial charge in [0.05, 0.1) is 36.0 Å². The molecular formula is C95H101N7O12. The summed E-state index contributed by atoms with van der Waals surface area (Å²) in [7, 11) is 0. The summed E-state index contributed by atoms with van der Waals surface area (Å²) in [5.41, 5.74) is 10.5. The molecule has 19 heteroatoms. The highest BCUT2D eigenvalue weighted by Gasteiger charge is 2.29.